The molecule has 3 nitrogen and oxygen atoms in total. The number of esters is 1. The number of hydrogen-bond acceptors (Lipinski definition) is 4. The minimum Gasteiger partial charge on any atom is -0.511 e. The van der Waals surface area contributed by atoms with Gasteiger partial charge in [-0.1, -0.05) is 36.8 Å². The van der Waals surface area contributed by atoms with Crippen molar-refractivity contribution in [3.8, 4) is 0 Å². The average Bonchev–Trinajstić information content (AvgIpc) is 2.62. The molecule has 148 valence electrons. The van der Waals surface area contributed by atoms with E-state index in [1.807, 2.05) is 39.8 Å². The molecule has 2 aromatic carbocycles. The molecule has 0 aromatic heterocycles. The number of cyclic esters (lactones) is 1. The lowest BCUT2D eigenvalue weighted by Crippen LogP contribution is -2.32. The Labute approximate surface area is 169 Å². The van der Waals surface area contributed by atoms with E-state index in [-0.39, 0.29) is 29.5 Å². The summed E-state index contributed by atoms with van der Waals surface area (Å²) in [4.78, 5) is 13.3. The van der Waals surface area contributed by atoms with E-state index in [1.54, 1.807) is 18.2 Å². The van der Waals surface area contributed by atoms with Gasteiger partial charge in [0, 0.05) is 23.0 Å². The van der Waals surface area contributed by atoms with Gasteiger partial charge in [-0.2, -0.15) is 0 Å². The highest BCUT2D eigenvalue weighted by Gasteiger charge is 2.34. The van der Waals surface area contributed by atoms with E-state index in [2.05, 4.69) is 0 Å². The maximum atomic E-state index is 13.8. The number of aryl methyl sites for hydroxylation is 3. The van der Waals surface area contributed by atoms with Gasteiger partial charge in [-0.05, 0) is 49.6 Å². The van der Waals surface area contributed by atoms with Gasteiger partial charge in [0.25, 0.3) is 0 Å². The summed E-state index contributed by atoms with van der Waals surface area (Å²) >= 11 is 1.39. The first-order valence-corrected chi connectivity index (χ1v) is 10.3. The number of carbonyl (C=O) groups excluding carboxylic acids is 1. The summed E-state index contributed by atoms with van der Waals surface area (Å²) < 4.78 is 19.5. The molecular formula is C23H25FO3S. The van der Waals surface area contributed by atoms with Crippen molar-refractivity contribution in [1.82, 2.24) is 0 Å². The van der Waals surface area contributed by atoms with Crippen LogP contribution in [0.4, 0.5) is 4.39 Å². The molecule has 2 atom stereocenters. The molecule has 0 bridgehead atoms. The van der Waals surface area contributed by atoms with Crippen LogP contribution in [0.5, 0.6) is 0 Å². The summed E-state index contributed by atoms with van der Waals surface area (Å²) in [7, 11) is 0. The standard InChI is InChI=1S/C23H25FO3S/c1-13-9-14(2)21(15(3)10-13)22-18(25)11-19(27-23(22)26)16(4)12-28-20-8-6-5-7-17(20)24/h5-10,16,19,25H,11-12H2,1-4H3. The molecule has 28 heavy (non-hydrogen) atoms. The Balaban J connectivity index is 1.77. The first kappa shape index (κ1) is 20.5. The second-order valence-electron chi connectivity index (χ2n) is 7.46. The topological polar surface area (TPSA) is 46.5 Å². The van der Waals surface area contributed by atoms with E-state index in [9.17, 15) is 14.3 Å². The lowest BCUT2D eigenvalue weighted by molar-refractivity contribution is -0.145. The smallest absolute Gasteiger partial charge is 0.342 e. The number of aliphatic hydroxyl groups excluding tert-OH is 1. The molecule has 0 amide bonds. The van der Waals surface area contributed by atoms with Crippen LogP contribution in [0, 0.1) is 32.5 Å². The van der Waals surface area contributed by atoms with E-state index < -0.39 is 12.1 Å². The largest absolute Gasteiger partial charge is 0.511 e. The molecule has 3 rings (SSSR count). The van der Waals surface area contributed by atoms with Crippen molar-refractivity contribution in [3.05, 3.63) is 70.2 Å². The van der Waals surface area contributed by atoms with Gasteiger partial charge in [0.05, 0.1) is 0 Å². The van der Waals surface area contributed by atoms with Crippen LogP contribution in [0.1, 0.15) is 35.6 Å². The Morgan fingerprint density at radius 1 is 1.21 bits per heavy atom. The van der Waals surface area contributed by atoms with Crippen molar-refractivity contribution in [2.24, 2.45) is 5.92 Å². The number of rotatable bonds is 5. The van der Waals surface area contributed by atoms with Crippen LogP contribution < -0.4 is 0 Å². The van der Waals surface area contributed by atoms with Crippen LogP contribution in [-0.2, 0) is 9.53 Å². The molecule has 1 heterocycles. The van der Waals surface area contributed by atoms with Crippen molar-refractivity contribution >= 4 is 23.3 Å². The molecule has 0 spiro atoms. The molecular weight excluding hydrogens is 375 g/mol. The number of ether oxygens (including phenoxy) is 1. The maximum Gasteiger partial charge on any atom is 0.342 e. The predicted octanol–water partition coefficient (Wildman–Crippen LogP) is 5.76. The number of benzene rings is 2. The molecule has 0 radical (unpaired) electrons. The minimum absolute atomic E-state index is 0.0301. The second-order valence-corrected chi connectivity index (χ2v) is 8.52. The van der Waals surface area contributed by atoms with Crippen LogP contribution in [0.25, 0.3) is 5.57 Å². The highest BCUT2D eigenvalue weighted by Crippen LogP contribution is 2.35. The maximum absolute atomic E-state index is 13.8. The van der Waals surface area contributed by atoms with Crippen LogP contribution in [0.15, 0.2) is 47.1 Å². The molecule has 5 heteroatoms. The molecule has 0 saturated carbocycles. The fourth-order valence-corrected chi connectivity index (χ4v) is 4.71. The summed E-state index contributed by atoms with van der Waals surface area (Å²) in [6.07, 6.45) is -0.158. The minimum atomic E-state index is -0.494. The highest BCUT2D eigenvalue weighted by atomic mass is 32.2. The Kier molecular flexibility index (Phi) is 6.14. The van der Waals surface area contributed by atoms with Crippen LogP contribution in [0.3, 0.4) is 0 Å². The van der Waals surface area contributed by atoms with Gasteiger partial charge in [-0.3, -0.25) is 0 Å². The van der Waals surface area contributed by atoms with Crippen molar-refractivity contribution in [3.63, 3.8) is 0 Å². The van der Waals surface area contributed by atoms with Crippen molar-refractivity contribution < 1.29 is 19.0 Å². The fourth-order valence-electron chi connectivity index (χ4n) is 3.68. The van der Waals surface area contributed by atoms with Crippen molar-refractivity contribution in [2.75, 3.05) is 5.75 Å². The Bertz CT molecular complexity index is 912. The Morgan fingerprint density at radius 3 is 2.46 bits per heavy atom. The van der Waals surface area contributed by atoms with E-state index in [1.165, 1.54) is 17.8 Å². The third-order valence-corrected chi connectivity index (χ3v) is 6.38. The van der Waals surface area contributed by atoms with E-state index >= 15 is 0 Å². The van der Waals surface area contributed by atoms with Gasteiger partial charge in [0.15, 0.2) is 0 Å². The first-order chi connectivity index (χ1) is 13.3. The molecule has 2 unspecified atom stereocenters. The predicted molar refractivity (Wildman–Crippen MR) is 111 cm³/mol. The quantitative estimate of drug-likeness (QED) is 0.512. The molecule has 0 fully saturated rings. The van der Waals surface area contributed by atoms with Crippen molar-refractivity contribution in [1.29, 1.82) is 0 Å². The van der Waals surface area contributed by atoms with Gasteiger partial charge in [-0.15, -0.1) is 11.8 Å². The van der Waals surface area contributed by atoms with Crippen LogP contribution in [-0.4, -0.2) is 22.9 Å². The zero-order chi connectivity index (χ0) is 20.4. The zero-order valence-electron chi connectivity index (χ0n) is 16.6. The van der Waals surface area contributed by atoms with Crippen LogP contribution in [0.2, 0.25) is 0 Å². The summed E-state index contributed by atoms with van der Waals surface area (Å²) in [6.45, 7) is 7.82. The number of hydrogen-bond donors (Lipinski definition) is 1. The SMILES string of the molecule is Cc1cc(C)c(C2=C(O)CC(C(C)CSc3ccccc3F)OC2=O)c(C)c1. The number of carbonyl (C=O) groups is 1. The lowest BCUT2D eigenvalue weighted by Gasteiger charge is -2.29. The normalized spacial score (nSPS) is 18.2. The third kappa shape index (κ3) is 4.25. The lowest BCUT2D eigenvalue weighted by atomic mass is 9.89. The number of thioether (sulfide) groups is 1. The van der Waals surface area contributed by atoms with Gasteiger partial charge in [0.2, 0.25) is 0 Å². The summed E-state index contributed by atoms with van der Waals surface area (Å²) in [5.41, 5.74) is 4.01. The Hall–Kier alpha value is -2.27. The summed E-state index contributed by atoms with van der Waals surface area (Å²) in [5.74, 6) is -0.122. The van der Waals surface area contributed by atoms with Crippen LogP contribution >= 0.6 is 11.8 Å². The average molecular weight is 401 g/mol. The second kappa shape index (κ2) is 8.39. The molecule has 0 saturated heterocycles. The first-order valence-electron chi connectivity index (χ1n) is 9.36. The molecule has 1 N–H and O–H groups in total. The van der Waals surface area contributed by atoms with E-state index in [4.69, 9.17) is 4.74 Å². The van der Waals surface area contributed by atoms with E-state index in [0.29, 0.717) is 10.6 Å². The summed E-state index contributed by atoms with van der Waals surface area (Å²) in [5, 5.41) is 10.7. The third-order valence-electron chi connectivity index (χ3n) is 5.05. The summed E-state index contributed by atoms with van der Waals surface area (Å²) in [6, 6.07) is 10.6. The van der Waals surface area contributed by atoms with Gasteiger partial charge in [-0.25, -0.2) is 9.18 Å². The fraction of sp³-hybridized carbons (Fsp3) is 0.348. The van der Waals surface area contributed by atoms with Crippen molar-refractivity contribution in [2.45, 2.75) is 45.1 Å². The molecule has 1 aliphatic rings. The number of halogens is 1. The molecule has 1 aliphatic heterocycles. The molecule has 0 aliphatic carbocycles. The van der Waals surface area contributed by atoms with E-state index in [0.717, 1.165) is 22.3 Å². The van der Waals surface area contributed by atoms with Gasteiger partial charge < -0.3 is 9.84 Å². The zero-order valence-corrected chi connectivity index (χ0v) is 17.4. The van der Waals surface area contributed by atoms with Gasteiger partial charge in [0.1, 0.15) is 23.3 Å². The van der Waals surface area contributed by atoms with Gasteiger partial charge >= 0.3 is 5.97 Å². The number of aliphatic hydroxyl groups is 1. The highest BCUT2D eigenvalue weighted by molar-refractivity contribution is 7.99. The Morgan fingerprint density at radius 2 is 1.86 bits per heavy atom. The monoisotopic (exact) mass is 400 g/mol. The molecule has 2 aromatic rings.